The smallest absolute Gasteiger partial charge is 0.266 e. The van der Waals surface area contributed by atoms with Gasteiger partial charge in [-0.1, -0.05) is 6.92 Å². The number of carbonyl (C=O) groups excluding carboxylic acids is 1. The molecule has 1 aliphatic rings. The molecule has 8 nitrogen and oxygen atoms in total. The summed E-state index contributed by atoms with van der Waals surface area (Å²) >= 11 is 0. The molecule has 8 heteroatoms. The summed E-state index contributed by atoms with van der Waals surface area (Å²) in [5.74, 6) is 1.11. The van der Waals surface area contributed by atoms with Gasteiger partial charge < -0.3 is 19.2 Å². The van der Waals surface area contributed by atoms with Crippen molar-refractivity contribution in [3.05, 3.63) is 18.6 Å². The summed E-state index contributed by atoms with van der Waals surface area (Å²) < 4.78 is 10.3. The third-order valence-electron chi connectivity index (χ3n) is 4.23. The Kier molecular flexibility index (Phi) is 5.14. The number of rotatable bonds is 6. The predicted octanol–water partition coefficient (Wildman–Crippen LogP) is 1.37. The van der Waals surface area contributed by atoms with E-state index in [4.69, 9.17) is 8.94 Å². The van der Waals surface area contributed by atoms with Gasteiger partial charge in [-0.25, -0.2) is 0 Å². The van der Waals surface area contributed by atoms with Gasteiger partial charge in [0.25, 0.3) is 11.8 Å². The highest BCUT2D eigenvalue weighted by Crippen LogP contribution is 2.21. The maximum absolute atomic E-state index is 12.0. The normalized spacial score (nSPS) is 17.0. The maximum Gasteiger partial charge on any atom is 0.266 e. The Morgan fingerprint density at radius 2 is 2.17 bits per heavy atom. The number of hydrogen-bond acceptors (Lipinski definition) is 7. The number of anilines is 1. The van der Waals surface area contributed by atoms with Crippen molar-refractivity contribution >= 4 is 11.9 Å². The minimum Gasteiger partial charge on any atom is -0.472 e. The van der Waals surface area contributed by atoms with Crippen LogP contribution in [-0.2, 0) is 4.79 Å². The van der Waals surface area contributed by atoms with E-state index in [2.05, 4.69) is 32.2 Å². The van der Waals surface area contributed by atoms with Gasteiger partial charge in [-0.2, -0.15) is 4.98 Å². The fourth-order valence-electron chi connectivity index (χ4n) is 2.58. The Morgan fingerprint density at radius 3 is 2.83 bits per heavy atom. The third kappa shape index (κ3) is 3.94. The molecule has 1 N–H and O–H groups in total. The average molecular weight is 333 g/mol. The third-order valence-corrected chi connectivity index (χ3v) is 4.23. The van der Waals surface area contributed by atoms with Crippen LogP contribution in [0, 0.1) is 0 Å². The first-order valence-electron chi connectivity index (χ1n) is 8.28. The summed E-state index contributed by atoms with van der Waals surface area (Å²) in [7, 11) is 0. The van der Waals surface area contributed by atoms with Gasteiger partial charge in [-0.3, -0.25) is 9.69 Å². The average Bonchev–Trinajstić information content (AvgIpc) is 3.26. The van der Waals surface area contributed by atoms with Gasteiger partial charge in [0.05, 0.1) is 18.4 Å². The molecule has 1 fully saturated rings. The molecule has 0 spiro atoms. The lowest BCUT2D eigenvalue weighted by atomic mass is 10.2. The van der Waals surface area contributed by atoms with Gasteiger partial charge in [-0.15, -0.1) is 0 Å². The van der Waals surface area contributed by atoms with Crippen LogP contribution in [0.5, 0.6) is 0 Å². The minimum atomic E-state index is 0.0830. The van der Waals surface area contributed by atoms with Crippen LogP contribution in [0.15, 0.2) is 27.5 Å². The lowest BCUT2D eigenvalue weighted by Gasteiger charge is -2.33. The molecule has 2 aromatic rings. The number of nitrogens with one attached hydrogen (secondary N) is 1. The zero-order valence-electron chi connectivity index (χ0n) is 14.1. The van der Waals surface area contributed by atoms with Crippen LogP contribution in [-0.4, -0.2) is 59.7 Å². The number of aromatic nitrogens is 2. The lowest BCUT2D eigenvalue weighted by molar-refractivity contribution is -0.122. The number of amides is 1. The molecule has 0 saturated carbocycles. The molecule has 1 saturated heterocycles. The van der Waals surface area contributed by atoms with Gasteiger partial charge in [0, 0.05) is 32.2 Å². The Hall–Kier alpha value is -2.35. The molecule has 0 aromatic carbocycles. The van der Waals surface area contributed by atoms with Crippen LogP contribution in [0.3, 0.4) is 0 Å². The van der Waals surface area contributed by atoms with Gasteiger partial charge in [-0.05, 0) is 24.6 Å². The van der Waals surface area contributed by atoms with E-state index in [1.165, 1.54) is 0 Å². The standard InChI is InChI=1S/C16H23N5O3/c1-3-12(2)17-14(22)10-20-5-7-21(8-6-20)16-18-15(24-19-16)13-4-9-23-11-13/h4,9,11-12H,3,5-8,10H2,1-2H3,(H,17,22)/t12-/m1/s1. The zero-order valence-corrected chi connectivity index (χ0v) is 14.1. The maximum atomic E-state index is 12.0. The number of carbonyl (C=O) groups is 1. The number of piperazine rings is 1. The number of furan rings is 1. The van der Waals surface area contributed by atoms with Gasteiger partial charge in [0.15, 0.2) is 0 Å². The summed E-state index contributed by atoms with van der Waals surface area (Å²) in [6.07, 6.45) is 4.09. The molecule has 24 heavy (non-hydrogen) atoms. The Morgan fingerprint density at radius 1 is 1.38 bits per heavy atom. The van der Waals surface area contributed by atoms with Crippen LogP contribution in [0.4, 0.5) is 5.95 Å². The lowest BCUT2D eigenvalue weighted by Crippen LogP contribution is -2.50. The minimum absolute atomic E-state index is 0.0830. The Bertz CT molecular complexity index is 646. The SMILES string of the molecule is CC[C@@H](C)NC(=O)CN1CCN(c2noc(-c3ccoc3)n2)CC1. The van der Waals surface area contributed by atoms with Crippen molar-refractivity contribution < 1.29 is 13.7 Å². The second-order valence-electron chi connectivity index (χ2n) is 6.05. The quantitative estimate of drug-likeness (QED) is 0.854. The molecule has 0 aliphatic carbocycles. The van der Waals surface area contributed by atoms with Crippen LogP contribution in [0.1, 0.15) is 20.3 Å². The summed E-state index contributed by atoms with van der Waals surface area (Å²) in [6.45, 7) is 7.63. The first kappa shape index (κ1) is 16.5. The van der Waals surface area contributed by atoms with E-state index in [0.717, 1.165) is 38.2 Å². The fourth-order valence-corrected chi connectivity index (χ4v) is 2.58. The van der Waals surface area contributed by atoms with Crippen molar-refractivity contribution in [2.75, 3.05) is 37.6 Å². The van der Waals surface area contributed by atoms with Crippen molar-refractivity contribution in [3.63, 3.8) is 0 Å². The molecular weight excluding hydrogens is 310 g/mol. The van der Waals surface area contributed by atoms with Crippen LogP contribution < -0.4 is 10.2 Å². The Labute approximate surface area is 140 Å². The van der Waals surface area contributed by atoms with Crippen LogP contribution in [0.25, 0.3) is 11.5 Å². The van der Waals surface area contributed by atoms with Crippen molar-refractivity contribution in [2.24, 2.45) is 0 Å². The van der Waals surface area contributed by atoms with E-state index >= 15 is 0 Å². The molecule has 3 heterocycles. The second-order valence-corrected chi connectivity index (χ2v) is 6.05. The predicted molar refractivity (Wildman–Crippen MR) is 88.5 cm³/mol. The summed E-state index contributed by atoms with van der Waals surface area (Å²) in [6, 6.07) is 2.00. The molecule has 0 radical (unpaired) electrons. The van der Waals surface area contributed by atoms with E-state index in [1.807, 2.05) is 6.92 Å². The summed E-state index contributed by atoms with van der Waals surface area (Å²) in [5, 5.41) is 7.03. The largest absolute Gasteiger partial charge is 0.472 e. The van der Waals surface area contributed by atoms with Gasteiger partial charge in [0.2, 0.25) is 5.91 Å². The number of hydrogen-bond donors (Lipinski definition) is 1. The van der Waals surface area contributed by atoms with E-state index in [-0.39, 0.29) is 11.9 Å². The van der Waals surface area contributed by atoms with E-state index < -0.39 is 0 Å². The molecule has 0 bridgehead atoms. The molecule has 1 amide bonds. The van der Waals surface area contributed by atoms with Crippen molar-refractivity contribution in [2.45, 2.75) is 26.3 Å². The molecule has 130 valence electrons. The van der Waals surface area contributed by atoms with Crippen molar-refractivity contribution in [1.82, 2.24) is 20.4 Å². The molecular formula is C16H23N5O3. The fraction of sp³-hybridized carbons (Fsp3) is 0.562. The topological polar surface area (TPSA) is 87.6 Å². The zero-order chi connectivity index (χ0) is 16.9. The van der Waals surface area contributed by atoms with E-state index in [9.17, 15) is 4.79 Å². The number of nitrogens with zero attached hydrogens (tertiary/aromatic N) is 4. The van der Waals surface area contributed by atoms with Crippen molar-refractivity contribution in [3.8, 4) is 11.5 Å². The molecule has 3 rings (SSSR count). The van der Waals surface area contributed by atoms with Crippen LogP contribution >= 0.6 is 0 Å². The van der Waals surface area contributed by atoms with Crippen LogP contribution in [0.2, 0.25) is 0 Å². The molecule has 1 aliphatic heterocycles. The van der Waals surface area contributed by atoms with Crippen molar-refractivity contribution in [1.29, 1.82) is 0 Å². The monoisotopic (exact) mass is 333 g/mol. The summed E-state index contributed by atoms with van der Waals surface area (Å²) in [5.41, 5.74) is 0.772. The second kappa shape index (κ2) is 7.48. The summed E-state index contributed by atoms with van der Waals surface area (Å²) in [4.78, 5) is 20.6. The highest BCUT2D eigenvalue weighted by molar-refractivity contribution is 5.78. The molecule has 0 unspecified atom stereocenters. The highest BCUT2D eigenvalue weighted by Gasteiger charge is 2.23. The van der Waals surface area contributed by atoms with E-state index in [1.54, 1.807) is 18.6 Å². The highest BCUT2D eigenvalue weighted by atomic mass is 16.5. The first-order chi connectivity index (χ1) is 11.7. The molecule has 1 atom stereocenters. The molecule has 2 aromatic heterocycles. The van der Waals surface area contributed by atoms with Gasteiger partial charge in [0.1, 0.15) is 6.26 Å². The Balaban J connectivity index is 1.49. The van der Waals surface area contributed by atoms with E-state index in [0.29, 0.717) is 18.4 Å². The van der Waals surface area contributed by atoms with Gasteiger partial charge >= 0.3 is 0 Å². The first-order valence-corrected chi connectivity index (χ1v) is 8.28.